The average molecular weight is 453 g/mol. The Morgan fingerprint density at radius 2 is 1.79 bits per heavy atom. The Hall–Kier alpha value is -3.81. The third kappa shape index (κ3) is 5.00. The number of hydrogen-bond donors (Lipinski definition) is 2. The predicted octanol–water partition coefficient (Wildman–Crippen LogP) is 6.17. The summed E-state index contributed by atoms with van der Waals surface area (Å²) in [6.45, 7) is 4.20. The van der Waals surface area contributed by atoms with Crippen molar-refractivity contribution in [2.75, 3.05) is 5.32 Å². The number of anilines is 1. The number of fused-ring (bicyclic) bond motifs is 3. The molecule has 0 aliphatic heterocycles. The number of amides is 1. The van der Waals surface area contributed by atoms with Crippen molar-refractivity contribution in [1.29, 1.82) is 0 Å². The van der Waals surface area contributed by atoms with Crippen molar-refractivity contribution in [3.63, 3.8) is 0 Å². The standard InChI is InChI=1S/C25H22F3N3O2/c1-3-15(2)29-20-12-7-11-18-17-10-6-8-16(14-21(17)31-23(18)20)30-24(32)19-9-4-5-13-22(19)33-25(26,27)28/h4-15,29,31H,3H2,1-2H3. The van der Waals surface area contributed by atoms with Crippen molar-refractivity contribution < 1.29 is 22.7 Å². The highest BCUT2D eigenvalue weighted by Crippen LogP contribution is 2.30. The molecule has 0 saturated heterocycles. The summed E-state index contributed by atoms with van der Waals surface area (Å²) in [7, 11) is 0. The first-order chi connectivity index (χ1) is 15.7. The summed E-state index contributed by atoms with van der Waals surface area (Å²) < 4.78 is 42.1. The smallest absolute Gasteiger partial charge is 0.405 e. The third-order valence-electron chi connectivity index (χ3n) is 5.31. The fourth-order valence-electron chi connectivity index (χ4n) is 3.58. The van der Waals surface area contributed by atoms with E-state index in [0.29, 0.717) is 11.4 Å². The maximum absolute atomic E-state index is 12.7. The molecule has 0 aliphatic carbocycles. The molecule has 33 heavy (non-hydrogen) atoms. The monoisotopic (exact) mass is 453 g/mol. The number of aromatic amines is 1. The van der Waals surface area contributed by atoms with Crippen LogP contribution in [0.3, 0.4) is 0 Å². The Morgan fingerprint density at radius 1 is 1.06 bits per heavy atom. The number of hydrogen-bond acceptors (Lipinski definition) is 3. The van der Waals surface area contributed by atoms with E-state index in [1.54, 1.807) is 18.2 Å². The van der Waals surface area contributed by atoms with Gasteiger partial charge in [0.1, 0.15) is 5.75 Å². The second kappa shape index (κ2) is 8.97. The van der Waals surface area contributed by atoms with E-state index in [4.69, 9.17) is 0 Å². The summed E-state index contributed by atoms with van der Waals surface area (Å²) in [6.07, 6.45) is -3.94. The van der Waals surface area contributed by atoms with E-state index in [0.717, 1.165) is 40.0 Å². The van der Waals surface area contributed by atoms with Gasteiger partial charge in [-0.1, -0.05) is 43.3 Å². The Kier molecular flexibility index (Phi) is 6.09. The minimum absolute atomic E-state index is 0.269. The molecule has 1 aromatic heterocycles. The van der Waals surface area contributed by atoms with Crippen molar-refractivity contribution in [2.45, 2.75) is 32.7 Å². The summed E-state index contributed by atoms with van der Waals surface area (Å²) in [5, 5.41) is 5.73. The van der Waals surface area contributed by atoms with E-state index in [-0.39, 0.29) is 5.56 Å². The molecule has 0 bridgehead atoms. The second-order valence-corrected chi connectivity index (χ2v) is 7.69. The number of halogens is 3. The van der Waals surface area contributed by atoms with Gasteiger partial charge >= 0.3 is 6.36 Å². The van der Waals surface area contributed by atoms with E-state index >= 15 is 0 Å². The van der Waals surface area contributed by atoms with Gasteiger partial charge in [-0.15, -0.1) is 13.2 Å². The number of H-pyrrole nitrogens is 1. The molecule has 1 amide bonds. The molecule has 8 heteroatoms. The Morgan fingerprint density at radius 3 is 2.55 bits per heavy atom. The largest absolute Gasteiger partial charge is 0.573 e. The van der Waals surface area contributed by atoms with Gasteiger partial charge in [0, 0.05) is 22.3 Å². The molecule has 2 N–H and O–H groups in total. The lowest BCUT2D eigenvalue weighted by atomic mass is 10.1. The van der Waals surface area contributed by atoms with Gasteiger partial charge in [-0.25, -0.2) is 4.99 Å². The number of nitrogens with one attached hydrogen (secondary N) is 2. The summed E-state index contributed by atoms with van der Waals surface area (Å²) in [4.78, 5) is 20.1. The molecule has 4 rings (SSSR count). The van der Waals surface area contributed by atoms with Crippen LogP contribution in [0.5, 0.6) is 5.75 Å². The lowest BCUT2D eigenvalue weighted by molar-refractivity contribution is -0.274. The molecule has 0 aliphatic rings. The molecule has 5 nitrogen and oxygen atoms in total. The quantitative estimate of drug-likeness (QED) is 0.380. The van der Waals surface area contributed by atoms with Crippen molar-refractivity contribution in [3.8, 4) is 5.75 Å². The molecule has 0 radical (unpaired) electrons. The van der Waals surface area contributed by atoms with Gasteiger partial charge < -0.3 is 15.0 Å². The van der Waals surface area contributed by atoms with Crippen LogP contribution >= 0.6 is 0 Å². The number of benzene rings is 2. The van der Waals surface area contributed by atoms with Crippen LogP contribution in [-0.4, -0.2) is 23.3 Å². The first-order valence-electron chi connectivity index (χ1n) is 10.5. The van der Waals surface area contributed by atoms with Crippen LogP contribution < -0.4 is 15.4 Å². The zero-order valence-corrected chi connectivity index (χ0v) is 18.0. The van der Waals surface area contributed by atoms with Crippen molar-refractivity contribution in [2.24, 2.45) is 4.99 Å². The number of para-hydroxylation sites is 2. The van der Waals surface area contributed by atoms with E-state index in [2.05, 4.69) is 33.9 Å². The highest BCUT2D eigenvalue weighted by atomic mass is 19.4. The lowest BCUT2D eigenvalue weighted by Crippen LogP contribution is -2.19. The van der Waals surface area contributed by atoms with Gasteiger partial charge in [0.15, 0.2) is 0 Å². The number of rotatable bonds is 5. The zero-order chi connectivity index (χ0) is 23.6. The molecule has 1 unspecified atom stereocenters. The number of aromatic nitrogens is 1. The van der Waals surface area contributed by atoms with Crippen LogP contribution in [0.1, 0.15) is 30.6 Å². The number of ether oxygens (including phenoxy) is 1. The Bertz CT molecular complexity index is 1390. The Labute approximate surface area is 187 Å². The second-order valence-electron chi connectivity index (χ2n) is 7.69. The lowest BCUT2D eigenvalue weighted by Gasteiger charge is -2.13. The van der Waals surface area contributed by atoms with Crippen LogP contribution in [0.2, 0.25) is 0 Å². The molecular formula is C25H22F3N3O2. The van der Waals surface area contributed by atoms with Crippen LogP contribution in [0.15, 0.2) is 71.7 Å². The van der Waals surface area contributed by atoms with Gasteiger partial charge in [-0.05, 0) is 43.7 Å². The molecule has 1 heterocycles. The van der Waals surface area contributed by atoms with Gasteiger partial charge in [0.05, 0.1) is 22.1 Å². The average Bonchev–Trinajstić information content (AvgIpc) is 2.98. The zero-order valence-electron chi connectivity index (χ0n) is 18.0. The highest BCUT2D eigenvalue weighted by molar-refractivity contribution is 6.11. The summed E-state index contributed by atoms with van der Waals surface area (Å²) >= 11 is 0. The summed E-state index contributed by atoms with van der Waals surface area (Å²) in [6, 6.07) is 18.4. The van der Waals surface area contributed by atoms with Crippen molar-refractivity contribution >= 4 is 33.4 Å². The van der Waals surface area contributed by atoms with Crippen LogP contribution in [-0.2, 0) is 0 Å². The molecular weight excluding hydrogens is 431 g/mol. The third-order valence-corrected chi connectivity index (χ3v) is 5.31. The van der Waals surface area contributed by atoms with E-state index < -0.39 is 18.0 Å². The van der Waals surface area contributed by atoms with Crippen molar-refractivity contribution in [1.82, 2.24) is 4.98 Å². The summed E-state index contributed by atoms with van der Waals surface area (Å²) in [5.74, 6) is -1.42. The van der Waals surface area contributed by atoms with E-state index in [1.807, 2.05) is 24.3 Å². The highest BCUT2D eigenvalue weighted by Gasteiger charge is 2.32. The van der Waals surface area contributed by atoms with E-state index in [9.17, 15) is 18.0 Å². The molecule has 170 valence electrons. The van der Waals surface area contributed by atoms with Gasteiger partial charge in [0.25, 0.3) is 5.91 Å². The van der Waals surface area contributed by atoms with Gasteiger partial charge in [0.2, 0.25) is 0 Å². The Balaban J connectivity index is 1.79. The number of carbonyl (C=O) groups excluding carboxylic acids is 1. The minimum Gasteiger partial charge on any atom is -0.405 e. The minimum atomic E-state index is -4.91. The normalized spacial score (nSPS) is 13.3. The fraction of sp³-hybridized carbons (Fsp3) is 0.200. The fourth-order valence-corrected chi connectivity index (χ4v) is 3.58. The molecule has 0 fully saturated rings. The number of nitrogens with zero attached hydrogens (tertiary/aromatic N) is 1. The SMILES string of the molecule is CCC(C)Nc1cccc2c1[nH]c1cc(=NC(=O)c3ccccc3OC(F)(F)F)cccc12. The molecule has 1 atom stereocenters. The van der Waals surface area contributed by atoms with Gasteiger partial charge in [-0.3, -0.25) is 4.79 Å². The maximum Gasteiger partial charge on any atom is 0.573 e. The molecule has 0 spiro atoms. The number of carbonyl (C=O) groups is 1. The molecule has 4 aromatic rings. The van der Waals surface area contributed by atoms with E-state index in [1.165, 1.54) is 18.2 Å². The predicted molar refractivity (Wildman–Crippen MR) is 122 cm³/mol. The first-order valence-corrected chi connectivity index (χ1v) is 10.5. The maximum atomic E-state index is 12.7. The van der Waals surface area contributed by atoms with Crippen molar-refractivity contribution in [3.05, 3.63) is 77.7 Å². The molecule has 0 saturated carbocycles. The van der Waals surface area contributed by atoms with Crippen LogP contribution in [0.4, 0.5) is 18.9 Å². The first kappa shape index (κ1) is 22.4. The van der Waals surface area contributed by atoms with Crippen LogP contribution in [0, 0.1) is 0 Å². The van der Waals surface area contributed by atoms with Gasteiger partial charge in [-0.2, -0.15) is 0 Å². The molecule has 3 aromatic carbocycles. The number of alkyl halides is 3. The van der Waals surface area contributed by atoms with Crippen LogP contribution in [0.25, 0.3) is 21.8 Å². The summed E-state index contributed by atoms with van der Waals surface area (Å²) in [5.41, 5.74) is 2.38. The topological polar surface area (TPSA) is 66.5 Å².